The molecule has 0 atom stereocenters. The van der Waals surface area contributed by atoms with E-state index < -0.39 is 11.5 Å². The number of nitrogens with zero attached hydrogens (tertiary/aromatic N) is 4. The highest BCUT2D eigenvalue weighted by atomic mass is 35.5. The second-order valence-electron chi connectivity index (χ2n) is 5.90. The van der Waals surface area contributed by atoms with Gasteiger partial charge in [0.1, 0.15) is 11.3 Å². The Kier molecular flexibility index (Phi) is 5.55. The van der Waals surface area contributed by atoms with Crippen molar-refractivity contribution >= 4 is 23.4 Å². The highest BCUT2D eigenvalue weighted by Crippen LogP contribution is 2.20. The van der Waals surface area contributed by atoms with Gasteiger partial charge in [0.25, 0.3) is 11.5 Å². The summed E-state index contributed by atoms with van der Waals surface area (Å²) < 4.78 is 2.62. The van der Waals surface area contributed by atoms with Crippen LogP contribution in [0.15, 0.2) is 47.5 Å². The van der Waals surface area contributed by atoms with Gasteiger partial charge >= 0.3 is 0 Å². The Hall–Kier alpha value is -3.46. The molecule has 0 bridgehead atoms. The lowest BCUT2D eigenvalue weighted by atomic mass is 10.1. The Morgan fingerprint density at radius 2 is 1.93 bits per heavy atom. The lowest BCUT2D eigenvalue weighted by Crippen LogP contribution is -2.38. The first-order valence-electron chi connectivity index (χ1n) is 8.27. The standard InChI is InChI=1S/C18H17ClN6O3/c1-20-16(26)9-21-17(27)14-7-15(11-3-5-12(19)6-4-11)23-25(18(14)28)13-8-22-24(2)10-13/h3-8,10H,9H2,1-2H3,(H,20,26)(H,21,27). The molecule has 0 radical (unpaired) electrons. The van der Waals surface area contributed by atoms with E-state index in [4.69, 9.17) is 11.6 Å². The normalized spacial score (nSPS) is 10.5. The van der Waals surface area contributed by atoms with Gasteiger partial charge in [-0.15, -0.1) is 0 Å². The van der Waals surface area contributed by atoms with E-state index in [0.717, 1.165) is 4.68 Å². The maximum Gasteiger partial charge on any atom is 0.284 e. The maximum atomic E-state index is 12.9. The number of benzene rings is 1. The second-order valence-corrected chi connectivity index (χ2v) is 6.33. The van der Waals surface area contributed by atoms with E-state index >= 15 is 0 Å². The Bertz CT molecular complexity index is 1090. The lowest BCUT2D eigenvalue weighted by molar-refractivity contribution is -0.119. The van der Waals surface area contributed by atoms with Crippen molar-refractivity contribution in [2.24, 2.45) is 7.05 Å². The molecule has 2 amide bonds. The minimum Gasteiger partial charge on any atom is -0.358 e. The molecule has 9 nitrogen and oxygen atoms in total. The Morgan fingerprint density at radius 1 is 1.21 bits per heavy atom. The third-order valence-corrected chi connectivity index (χ3v) is 4.17. The molecule has 2 N–H and O–H groups in total. The molecule has 0 saturated heterocycles. The Balaban J connectivity index is 2.11. The number of halogens is 1. The molecule has 0 unspecified atom stereocenters. The number of amides is 2. The summed E-state index contributed by atoms with van der Waals surface area (Å²) in [5, 5.41) is 13.8. The topological polar surface area (TPSA) is 111 Å². The summed E-state index contributed by atoms with van der Waals surface area (Å²) in [4.78, 5) is 36.8. The van der Waals surface area contributed by atoms with Gasteiger partial charge in [-0.1, -0.05) is 23.7 Å². The zero-order valence-corrected chi connectivity index (χ0v) is 15.9. The van der Waals surface area contributed by atoms with Gasteiger partial charge in [-0.3, -0.25) is 19.1 Å². The summed E-state index contributed by atoms with van der Waals surface area (Å²) in [5.41, 5.74) is 0.698. The minimum absolute atomic E-state index is 0.146. The number of likely N-dealkylation sites (N-methyl/N-ethyl adjacent to an activating group) is 1. The van der Waals surface area contributed by atoms with Gasteiger partial charge in [0.2, 0.25) is 5.91 Å². The molecule has 0 spiro atoms. The van der Waals surface area contributed by atoms with Gasteiger partial charge in [-0.2, -0.15) is 14.9 Å². The van der Waals surface area contributed by atoms with Crippen LogP contribution >= 0.6 is 11.6 Å². The number of hydrogen-bond acceptors (Lipinski definition) is 5. The van der Waals surface area contributed by atoms with E-state index in [2.05, 4.69) is 20.8 Å². The van der Waals surface area contributed by atoms with E-state index in [-0.39, 0.29) is 18.0 Å². The minimum atomic E-state index is -0.677. The van der Waals surface area contributed by atoms with Crippen LogP contribution in [-0.4, -0.2) is 45.0 Å². The predicted molar refractivity (Wildman–Crippen MR) is 103 cm³/mol. The third kappa shape index (κ3) is 4.09. The first kappa shape index (κ1) is 19.3. The molecule has 0 fully saturated rings. The van der Waals surface area contributed by atoms with Gasteiger partial charge in [0.05, 0.1) is 24.6 Å². The third-order valence-electron chi connectivity index (χ3n) is 3.92. The second kappa shape index (κ2) is 8.05. The Morgan fingerprint density at radius 3 is 2.54 bits per heavy atom. The van der Waals surface area contributed by atoms with Crippen LogP contribution in [0.25, 0.3) is 16.9 Å². The van der Waals surface area contributed by atoms with E-state index in [9.17, 15) is 14.4 Å². The van der Waals surface area contributed by atoms with E-state index in [0.29, 0.717) is 22.0 Å². The lowest BCUT2D eigenvalue weighted by Gasteiger charge is -2.10. The molecule has 144 valence electrons. The smallest absolute Gasteiger partial charge is 0.284 e. The molecule has 0 aliphatic rings. The van der Waals surface area contributed by atoms with Crippen molar-refractivity contribution in [2.45, 2.75) is 0 Å². The molecule has 3 rings (SSSR count). The molecule has 28 heavy (non-hydrogen) atoms. The first-order valence-corrected chi connectivity index (χ1v) is 8.65. The van der Waals surface area contributed by atoms with Gasteiger partial charge in [0.15, 0.2) is 0 Å². The van der Waals surface area contributed by atoms with E-state index in [1.807, 2.05) is 0 Å². The number of aromatic nitrogens is 4. The van der Waals surface area contributed by atoms with E-state index in [1.165, 1.54) is 24.0 Å². The van der Waals surface area contributed by atoms with Gasteiger partial charge < -0.3 is 10.6 Å². The zero-order chi connectivity index (χ0) is 20.3. The summed E-state index contributed by atoms with van der Waals surface area (Å²) in [6.45, 7) is -0.250. The van der Waals surface area contributed by atoms with Crippen LogP contribution in [0.3, 0.4) is 0 Å². The van der Waals surface area contributed by atoms with Crippen LogP contribution in [-0.2, 0) is 11.8 Å². The fourth-order valence-corrected chi connectivity index (χ4v) is 2.58. The summed E-state index contributed by atoms with van der Waals surface area (Å²) >= 11 is 5.93. The van der Waals surface area contributed by atoms with Crippen molar-refractivity contribution in [3.8, 4) is 16.9 Å². The monoisotopic (exact) mass is 400 g/mol. The van der Waals surface area contributed by atoms with Crippen molar-refractivity contribution in [3.63, 3.8) is 0 Å². The predicted octanol–water partition coefficient (Wildman–Crippen LogP) is 0.762. The molecular formula is C18H17ClN6O3. The first-order chi connectivity index (χ1) is 13.4. The fourth-order valence-electron chi connectivity index (χ4n) is 2.46. The largest absolute Gasteiger partial charge is 0.358 e. The molecule has 2 heterocycles. The molecule has 2 aromatic heterocycles. The molecule has 10 heteroatoms. The molecule has 0 aliphatic carbocycles. The number of carbonyl (C=O) groups is 2. The van der Waals surface area contributed by atoms with Crippen LogP contribution in [0.4, 0.5) is 0 Å². The molecular weight excluding hydrogens is 384 g/mol. The van der Waals surface area contributed by atoms with Gasteiger partial charge in [-0.25, -0.2) is 0 Å². The maximum absolute atomic E-state index is 12.9. The molecule has 3 aromatic rings. The van der Waals surface area contributed by atoms with Crippen LogP contribution in [0.1, 0.15) is 10.4 Å². The number of hydrogen-bond donors (Lipinski definition) is 2. The van der Waals surface area contributed by atoms with Gasteiger partial charge in [0, 0.05) is 24.7 Å². The quantitative estimate of drug-likeness (QED) is 0.657. The molecule has 1 aromatic carbocycles. The van der Waals surface area contributed by atoms with Crippen LogP contribution < -0.4 is 16.2 Å². The number of aryl methyl sites for hydroxylation is 1. The van der Waals surface area contributed by atoms with Crippen molar-refractivity contribution in [1.29, 1.82) is 0 Å². The molecule has 0 saturated carbocycles. The molecule has 0 aliphatic heterocycles. The average Bonchev–Trinajstić information content (AvgIpc) is 3.12. The van der Waals surface area contributed by atoms with Crippen LogP contribution in [0, 0.1) is 0 Å². The van der Waals surface area contributed by atoms with Gasteiger partial charge in [-0.05, 0) is 18.2 Å². The Labute approximate surface area is 164 Å². The summed E-state index contributed by atoms with van der Waals surface area (Å²) in [5.74, 6) is -1.06. The van der Waals surface area contributed by atoms with Crippen molar-refractivity contribution in [1.82, 2.24) is 30.2 Å². The SMILES string of the molecule is CNC(=O)CNC(=O)c1cc(-c2ccc(Cl)cc2)nn(-c2cnn(C)c2)c1=O. The highest BCUT2D eigenvalue weighted by Gasteiger charge is 2.18. The number of rotatable bonds is 5. The van der Waals surface area contributed by atoms with Crippen molar-refractivity contribution < 1.29 is 9.59 Å². The number of nitrogens with one attached hydrogen (secondary N) is 2. The average molecular weight is 401 g/mol. The summed E-state index contributed by atoms with van der Waals surface area (Å²) in [7, 11) is 3.16. The van der Waals surface area contributed by atoms with Crippen LogP contribution in [0.5, 0.6) is 0 Å². The van der Waals surface area contributed by atoms with E-state index in [1.54, 1.807) is 37.5 Å². The fraction of sp³-hybridized carbons (Fsp3) is 0.167. The summed E-state index contributed by atoms with van der Waals surface area (Å²) in [6.07, 6.45) is 3.07. The van der Waals surface area contributed by atoms with Crippen molar-refractivity contribution in [2.75, 3.05) is 13.6 Å². The highest BCUT2D eigenvalue weighted by molar-refractivity contribution is 6.30. The van der Waals surface area contributed by atoms with Crippen LogP contribution in [0.2, 0.25) is 5.02 Å². The summed E-state index contributed by atoms with van der Waals surface area (Å²) in [6, 6.07) is 8.22. The number of carbonyl (C=O) groups excluding carboxylic acids is 2. The zero-order valence-electron chi connectivity index (χ0n) is 15.1. The van der Waals surface area contributed by atoms with Crippen molar-refractivity contribution in [3.05, 3.63) is 63.7 Å².